The Kier molecular flexibility index (Phi) is 4.94. The van der Waals surface area contributed by atoms with Crippen LogP contribution in [0.2, 0.25) is 0 Å². The third-order valence-electron chi connectivity index (χ3n) is 3.72. The largest absolute Gasteiger partial charge is 0.310 e. The smallest absolute Gasteiger partial charge is 0.147 e. The Bertz CT molecular complexity index is 400. The van der Waals surface area contributed by atoms with E-state index in [9.17, 15) is 4.79 Å². The maximum absolute atomic E-state index is 11.9. The van der Waals surface area contributed by atoms with E-state index in [1.807, 2.05) is 0 Å². The van der Waals surface area contributed by atoms with Crippen LogP contribution in [0.5, 0.6) is 0 Å². The standard InChI is InChI=1S/C16H23NO/c1-2-10-17-12-15(18)11-14-8-5-7-13-6-3-4-9-16(13)14/h3-4,6,9,14,17H,2,5,7-8,10-12H2,1H3. The van der Waals surface area contributed by atoms with Crippen molar-refractivity contribution >= 4 is 5.78 Å². The Morgan fingerprint density at radius 1 is 1.39 bits per heavy atom. The topological polar surface area (TPSA) is 29.1 Å². The van der Waals surface area contributed by atoms with Gasteiger partial charge >= 0.3 is 0 Å². The fourth-order valence-corrected chi connectivity index (χ4v) is 2.82. The fourth-order valence-electron chi connectivity index (χ4n) is 2.82. The molecule has 18 heavy (non-hydrogen) atoms. The van der Waals surface area contributed by atoms with Gasteiger partial charge in [0, 0.05) is 6.42 Å². The Balaban J connectivity index is 1.92. The van der Waals surface area contributed by atoms with Crippen molar-refractivity contribution in [1.29, 1.82) is 0 Å². The number of Topliss-reactive ketones (excluding diaryl/α,β-unsaturated/α-hetero) is 1. The van der Waals surface area contributed by atoms with E-state index in [-0.39, 0.29) is 0 Å². The quantitative estimate of drug-likeness (QED) is 0.780. The minimum atomic E-state index is 0.352. The first-order valence-electron chi connectivity index (χ1n) is 7.11. The summed E-state index contributed by atoms with van der Waals surface area (Å²) in [5.41, 5.74) is 2.86. The normalized spacial score (nSPS) is 18.4. The third kappa shape index (κ3) is 3.42. The van der Waals surface area contributed by atoms with Gasteiger partial charge in [0.1, 0.15) is 5.78 Å². The van der Waals surface area contributed by atoms with Gasteiger partial charge in [0.25, 0.3) is 0 Å². The lowest BCUT2D eigenvalue weighted by Gasteiger charge is -2.25. The predicted octanol–water partition coefficient (Wildman–Crippen LogP) is 3.07. The van der Waals surface area contributed by atoms with Gasteiger partial charge in [0.15, 0.2) is 0 Å². The minimum absolute atomic E-state index is 0.352. The van der Waals surface area contributed by atoms with Gasteiger partial charge in [-0.2, -0.15) is 0 Å². The van der Waals surface area contributed by atoms with Gasteiger partial charge in [0.05, 0.1) is 6.54 Å². The zero-order valence-corrected chi connectivity index (χ0v) is 11.2. The molecule has 0 bridgehead atoms. The molecule has 1 aliphatic carbocycles. The summed E-state index contributed by atoms with van der Waals surface area (Å²) in [6.45, 7) is 3.59. The zero-order chi connectivity index (χ0) is 12.8. The summed E-state index contributed by atoms with van der Waals surface area (Å²) in [6, 6.07) is 8.61. The van der Waals surface area contributed by atoms with Gasteiger partial charge in [-0.25, -0.2) is 0 Å². The second-order valence-electron chi connectivity index (χ2n) is 5.21. The molecule has 1 aromatic carbocycles. The molecule has 0 heterocycles. The number of hydrogen-bond donors (Lipinski definition) is 1. The van der Waals surface area contributed by atoms with Crippen LogP contribution in [-0.4, -0.2) is 18.9 Å². The average molecular weight is 245 g/mol. The van der Waals surface area contributed by atoms with Crippen molar-refractivity contribution in [3.05, 3.63) is 35.4 Å². The van der Waals surface area contributed by atoms with E-state index in [4.69, 9.17) is 0 Å². The lowest BCUT2D eigenvalue weighted by Crippen LogP contribution is -2.25. The SMILES string of the molecule is CCCNCC(=O)CC1CCCc2ccccc21. The van der Waals surface area contributed by atoms with Crippen LogP contribution in [0.25, 0.3) is 0 Å². The van der Waals surface area contributed by atoms with E-state index >= 15 is 0 Å². The first-order chi connectivity index (χ1) is 8.81. The summed E-state index contributed by atoms with van der Waals surface area (Å²) >= 11 is 0. The highest BCUT2D eigenvalue weighted by molar-refractivity contribution is 5.81. The number of nitrogens with one attached hydrogen (secondary N) is 1. The Hall–Kier alpha value is -1.15. The molecule has 0 saturated heterocycles. The summed E-state index contributed by atoms with van der Waals surface area (Å²) in [5.74, 6) is 0.802. The van der Waals surface area contributed by atoms with E-state index in [0.29, 0.717) is 24.7 Å². The van der Waals surface area contributed by atoms with Crippen LogP contribution < -0.4 is 5.32 Å². The third-order valence-corrected chi connectivity index (χ3v) is 3.72. The predicted molar refractivity (Wildman–Crippen MR) is 74.9 cm³/mol. The monoisotopic (exact) mass is 245 g/mol. The molecule has 0 spiro atoms. The van der Waals surface area contributed by atoms with E-state index in [2.05, 4.69) is 36.5 Å². The summed E-state index contributed by atoms with van der Waals surface area (Å²) in [5, 5.41) is 3.20. The molecule has 2 heteroatoms. The van der Waals surface area contributed by atoms with Crippen LogP contribution in [0.1, 0.15) is 49.7 Å². The molecule has 1 unspecified atom stereocenters. The summed E-state index contributed by atoms with van der Waals surface area (Å²) in [4.78, 5) is 11.9. The number of benzene rings is 1. The van der Waals surface area contributed by atoms with Gasteiger partial charge in [-0.05, 0) is 49.3 Å². The van der Waals surface area contributed by atoms with E-state index in [0.717, 1.165) is 19.4 Å². The van der Waals surface area contributed by atoms with Crippen LogP contribution >= 0.6 is 0 Å². The van der Waals surface area contributed by atoms with Gasteiger partial charge in [-0.15, -0.1) is 0 Å². The lowest BCUT2D eigenvalue weighted by molar-refractivity contribution is -0.118. The number of fused-ring (bicyclic) bond motifs is 1. The summed E-state index contributed by atoms with van der Waals surface area (Å²) < 4.78 is 0. The van der Waals surface area contributed by atoms with Gasteiger partial charge < -0.3 is 5.32 Å². The van der Waals surface area contributed by atoms with E-state index < -0.39 is 0 Å². The highest BCUT2D eigenvalue weighted by atomic mass is 16.1. The second kappa shape index (κ2) is 6.69. The molecule has 2 nitrogen and oxygen atoms in total. The van der Waals surface area contributed by atoms with Crippen LogP contribution in [0.4, 0.5) is 0 Å². The molecule has 0 aliphatic heterocycles. The molecule has 98 valence electrons. The molecule has 1 aromatic rings. The molecular formula is C16H23NO. The average Bonchev–Trinajstić information content (AvgIpc) is 2.39. The number of aryl methyl sites for hydroxylation is 1. The van der Waals surface area contributed by atoms with Gasteiger partial charge in [0.2, 0.25) is 0 Å². The van der Waals surface area contributed by atoms with Gasteiger partial charge in [-0.3, -0.25) is 4.79 Å². The van der Waals surface area contributed by atoms with Crippen molar-refractivity contribution in [2.24, 2.45) is 0 Å². The molecule has 2 rings (SSSR count). The van der Waals surface area contributed by atoms with E-state index in [1.165, 1.54) is 24.0 Å². The number of carbonyl (C=O) groups is 1. The second-order valence-corrected chi connectivity index (χ2v) is 5.21. The lowest BCUT2D eigenvalue weighted by atomic mass is 9.80. The molecule has 0 fully saturated rings. The van der Waals surface area contributed by atoms with E-state index in [1.54, 1.807) is 0 Å². The summed E-state index contributed by atoms with van der Waals surface area (Å²) in [7, 11) is 0. The Morgan fingerprint density at radius 3 is 3.06 bits per heavy atom. The molecule has 0 aromatic heterocycles. The molecule has 0 saturated carbocycles. The molecule has 1 N–H and O–H groups in total. The van der Waals surface area contributed by atoms with Crippen LogP contribution in [0.3, 0.4) is 0 Å². The van der Waals surface area contributed by atoms with Crippen molar-refractivity contribution in [1.82, 2.24) is 5.32 Å². The maximum atomic E-state index is 11.9. The number of carbonyl (C=O) groups excluding carboxylic acids is 1. The van der Waals surface area contributed by atoms with Crippen molar-refractivity contribution in [3.8, 4) is 0 Å². The molecule has 1 atom stereocenters. The van der Waals surface area contributed by atoms with Crippen LogP contribution in [-0.2, 0) is 11.2 Å². The van der Waals surface area contributed by atoms with Crippen molar-refractivity contribution in [2.45, 2.75) is 44.9 Å². The van der Waals surface area contributed by atoms with Crippen LogP contribution in [0, 0.1) is 0 Å². The van der Waals surface area contributed by atoms with Gasteiger partial charge in [-0.1, -0.05) is 31.2 Å². The first-order valence-corrected chi connectivity index (χ1v) is 7.11. The maximum Gasteiger partial charge on any atom is 0.147 e. The number of rotatable bonds is 6. The molecule has 0 amide bonds. The summed E-state index contributed by atoms with van der Waals surface area (Å²) in [6.07, 6.45) is 5.34. The Morgan fingerprint density at radius 2 is 2.22 bits per heavy atom. The highest BCUT2D eigenvalue weighted by Gasteiger charge is 2.21. The zero-order valence-electron chi connectivity index (χ0n) is 11.2. The Labute approximate surface area is 110 Å². The molecule has 1 aliphatic rings. The minimum Gasteiger partial charge on any atom is -0.310 e. The fraction of sp³-hybridized carbons (Fsp3) is 0.562. The van der Waals surface area contributed by atoms with Crippen molar-refractivity contribution in [2.75, 3.05) is 13.1 Å². The molecular weight excluding hydrogens is 222 g/mol. The van der Waals surface area contributed by atoms with Crippen LogP contribution in [0.15, 0.2) is 24.3 Å². The molecule has 0 radical (unpaired) electrons. The van der Waals surface area contributed by atoms with Crippen molar-refractivity contribution in [3.63, 3.8) is 0 Å². The number of hydrogen-bond acceptors (Lipinski definition) is 2. The van der Waals surface area contributed by atoms with Crippen molar-refractivity contribution < 1.29 is 4.79 Å². The first kappa shape index (κ1) is 13.3. The highest BCUT2D eigenvalue weighted by Crippen LogP contribution is 2.33. The number of ketones is 1.